The largest absolute Gasteiger partial charge is 0.367 e. The van der Waals surface area contributed by atoms with Gasteiger partial charge in [-0.25, -0.2) is 0 Å². The standard InChI is InChI=1S/C18H18Cl2N4O3/c1-22-6-8-23(9-7-22)17-5-2-12(19)10-16(17)21-18(25)14-4-3-13(24(26)27)11-15(14)20/h2-5,10-11H,6-9H2,1H3,(H,21,25). The third kappa shape index (κ3) is 4.50. The van der Waals surface area contributed by atoms with Gasteiger partial charge in [-0.1, -0.05) is 23.2 Å². The molecule has 0 unspecified atom stereocenters. The highest BCUT2D eigenvalue weighted by atomic mass is 35.5. The van der Waals surface area contributed by atoms with Crippen LogP contribution in [0.5, 0.6) is 0 Å². The van der Waals surface area contributed by atoms with E-state index in [0.29, 0.717) is 10.7 Å². The van der Waals surface area contributed by atoms with Gasteiger partial charge in [0.05, 0.1) is 26.9 Å². The molecule has 0 bridgehead atoms. The van der Waals surface area contributed by atoms with Crippen LogP contribution in [-0.4, -0.2) is 49.0 Å². The Labute approximate surface area is 166 Å². The summed E-state index contributed by atoms with van der Waals surface area (Å²) in [7, 11) is 2.07. The maximum atomic E-state index is 12.7. The third-order valence-electron chi connectivity index (χ3n) is 4.46. The van der Waals surface area contributed by atoms with Crippen LogP contribution in [0, 0.1) is 10.1 Å². The molecule has 0 radical (unpaired) electrons. The van der Waals surface area contributed by atoms with Crippen molar-refractivity contribution in [3.8, 4) is 0 Å². The second-order valence-corrected chi connectivity index (χ2v) is 7.17. The van der Waals surface area contributed by atoms with E-state index in [2.05, 4.69) is 22.2 Å². The summed E-state index contributed by atoms with van der Waals surface area (Å²) in [4.78, 5) is 27.4. The summed E-state index contributed by atoms with van der Waals surface area (Å²) in [6, 6.07) is 9.10. The fourth-order valence-electron chi connectivity index (χ4n) is 2.92. The lowest BCUT2D eigenvalue weighted by Crippen LogP contribution is -2.44. The van der Waals surface area contributed by atoms with Gasteiger partial charge in [-0.05, 0) is 31.3 Å². The Balaban J connectivity index is 1.85. The number of carbonyl (C=O) groups is 1. The van der Waals surface area contributed by atoms with Gasteiger partial charge >= 0.3 is 0 Å². The number of hydrogen-bond acceptors (Lipinski definition) is 5. The Morgan fingerprint density at radius 3 is 2.44 bits per heavy atom. The van der Waals surface area contributed by atoms with Crippen LogP contribution in [0.4, 0.5) is 17.1 Å². The van der Waals surface area contributed by atoms with Crippen molar-refractivity contribution in [2.24, 2.45) is 0 Å². The molecule has 2 aromatic carbocycles. The molecule has 0 saturated carbocycles. The Morgan fingerprint density at radius 1 is 1.11 bits per heavy atom. The van der Waals surface area contributed by atoms with Gasteiger partial charge in [0.1, 0.15) is 0 Å². The summed E-state index contributed by atoms with van der Waals surface area (Å²) in [5.41, 5.74) is 1.44. The van der Waals surface area contributed by atoms with Crippen molar-refractivity contribution in [1.29, 1.82) is 0 Å². The second-order valence-electron chi connectivity index (χ2n) is 6.33. The van der Waals surface area contributed by atoms with E-state index in [1.165, 1.54) is 12.1 Å². The summed E-state index contributed by atoms with van der Waals surface area (Å²) < 4.78 is 0. The van der Waals surface area contributed by atoms with Crippen molar-refractivity contribution < 1.29 is 9.72 Å². The monoisotopic (exact) mass is 408 g/mol. The first-order valence-corrected chi connectivity index (χ1v) is 9.09. The summed E-state index contributed by atoms with van der Waals surface area (Å²) >= 11 is 12.2. The Kier molecular flexibility index (Phi) is 5.84. The number of piperazine rings is 1. The molecular weight excluding hydrogens is 391 g/mol. The lowest BCUT2D eigenvalue weighted by molar-refractivity contribution is -0.384. The smallest absolute Gasteiger partial charge is 0.270 e. The Bertz CT molecular complexity index is 883. The number of nitrogens with zero attached hydrogens (tertiary/aromatic N) is 3. The average molecular weight is 409 g/mol. The number of amides is 1. The highest BCUT2D eigenvalue weighted by Gasteiger charge is 2.20. The summed E-state index contributed by atoms with van der Waals surface area (Å²) in [5.74, 6) is -0.451. The highest BCUT2D eigenvalue weighted by Crippen LogP contribution is 2.31. The molecule has 1 aliphatic rings. The first-order chi connectivity index (χ1) is 12.8. The van der Waals surface area contributed by atoms with E-state index in [1.807, 2.05) is 6.07 Å². The van der Waals surface area contributed by atoms with E-state index in [1.54, 1.807) is 12.1 Å². The molecule has 1 heterocycles. The van der Waals surface area contributed by atoms with E-state index in [4.69, 9.17) is 23.2 Å². The van der Waals surface area contributed by atoms with Gasteiger partial charge < -0.3 is 15.1 Å². The zero-order valence-corrected chi connectivity index (χ0v) is 16.1. The molecule has 0 aliphatic carbocycles. The fraction of sp³-hybridized carbons (Fsp3) is 0.278. The van der Waals surface area contributed by atoms with E-state index >= 15 is 0 Å². The highest BCUT2D eigenvalue weighted by molar-refractivity contribution is 6.35. The van der Waals surface area contributed by atoms with Crippen LogP contribution < -0.4 is 10.2 Å². The van der Waals surface area contributed by atoms with E-state index in [0.717, 1.165) is 37.9 Å². The molecule has 0 spiro atoms. The van der Waals surface area contributed by atoms with Gasteiger partial charge in [-0.2, -0.15) is 0 Å². The Morgan fingerprint density at radius 2 is 1.81 bits per heavy atom. The molecule has 9 heteroatoms. The van der Waals surface area contributed by atoms with Crippen molar-refractivity contribution in [2.75, 3.05) is 43.4 Å². The van der Waals surface area contributed by atoms with Crippen molar-refractivity contribution in [3.63, 3.8) is 0 Å². The zero-order chi connectivity index (χ0) is 19.6. The minimum absolute atomic E-state index is 0.0184. The second kappa shape index (κ2) is 8.12. The van der Waals surface area contributed by atoms with E-state index in [9.17, 15) is 14.9 Å². The molecule has 0 aromatic heterocycles. The number of hydrogen-bond donors (Lipinski definition) is 1. The number of non-ortho nitro benzene ring substituents is 1. The predicted molar refractivity (Wildman–Crippen MR) is 107 cm³/mol. The molecular formula is C18H18Cl2N4O3. The van der Waals surface area contributed by atoms with Crippen molar-refractivity contribution >= 4 is 46.2 Å². The number of nitro benzene ring substituents is 1. The number of anilines is 2. The average Bonchev–Trinajstić information content (AvgIpc) is 2.62. The van der Waals surface area contributed by atoms with E-state index < -0.39 is 10.8 Å². The van der Waals surface area contributed by atoms with E-state index in [-0.39, 0.29) is 16.3 Å². The Hall–Kier alpha value is -2.35. The van der Waals surface area contributed by atoms with Gasteiger partial charge in [-0.3, -0.25) is 14.9 Å². The normalized spacial score (nSPS) is 14.9. The first-order valence-electron chi connectivity index (χ1n) is 8.33. The van der Waals surface area contributed by atoms with Gasteiger partial charge in [0, 0.05) is 43.3 Å². The number of benzene rings is 2. The van der Waals surface area contributed by atoms with Crippen molar-refractivity contribution in [1.82, 2.24) is 4.90 Å². The molecule has 1 saturated heterocycles. The van der Waals surface area contributed by atoms with Crippen molar-refractivity contribution in [3.05, 3.63) is 62.1 Å². The number of nitro groups is 1. The molecule has 2 aromatic rings. The van der Waals surface area contributed by atoms with Gasteiger partial charge in [0.25, 0.3) is 11.6 Å². The van der Waals surface area contributed by atoms with Crippen LogP contribution in [0.15, 0.2) is 36.4 Å². The molecule has 1 fully saturated rings. The zero-order valence-electron chi connectivity index (χ0n) is 14.6. The first kappa shape index (κ1) is 19.4. The fourth-order valence-corrected chi connectivity index (χ4v) is 3.36. The van der Waals surface area contributed by atoms with Gasteiger partial charge in [0.2, 0.25) is 0 Å². The molecule has 1 aliphatic heterocycles. The minimum Gasteiger partial charge on any atom is -0.367 e. The minimum atomic E-state index is -0.560. The van der Waals surface area contributed by atoms with Crippen molar-refractivity contribution in [2.45, 2.75) is 0 Å². The summed E-state index contributed by atoms with van der Waals surface area (Å²) in [6.07, 6.45) is 0. The molecule has 1 N–H and O–H groups in total. The number of nitrogens with one attached hydrogen (secondary N) is 1. The molecule has 142 valence electrons. The summed E-state index contributed by atoms with van der Waals surface area (Å²) in [6.45, 7) is 3.51. The molecule has 3 rings (SSSR count). The molecule has 1 amide bonds. The van der Waals surface area contributed by atoms with Crippen LogP contribution in [-0.2, 0) is 0 Å². The van der Waals surface area contributed by atoms with Crippen LogP contribution in [0.25, 0.3) is 0 Å². The maximum absolute atomic E-state index is 12.7. The topological polar surface area (TPSA) is 78.7 Å². The quantitative estimate of drug-likeness (QED) is 0.612. The number of likely N-dealkylation sites (N-methyl/N-ethyl adjacent to an activating group) is 1. The number of rotatable bonds is 4. The predicted octanol–water partition coefficient (Wildman–Crippen LogP) is 3.91. The SMILES string of the molecule is CN1CCN(c2ccc(Cl)cc2NC(=O)c2ccc([N+](=O)[O-])cc2Cl)CC1. The molecule has 0 atom stereocenters. The number of halogens is 2. The van der Waals surface area contributed by atoms with Crippen LogP contribution in [0.3, 0.4) is 0 Å². The summed E-state index contributed by atoms with van der Waals surface area (Å²) in [5, 5.41) is 14.2. The molecule has 27 heavy (non-hydrogen) atoms. The number of carbonyl (C=O) groups excluding carboxylic acids is 1. The third-order valence-corrected chi connectivity index (χ3v) is 5.01. The lowest BCUT2D eigenvalue weighted by atomic mass is 10.1. The van der Waals surface area contributed by atoms with Gasteiger partial charge in [0.15, 0.2) is 0 Å². The van der Waals surface area contributed by atoms with Gasteiger partial charge in [-0.15, -0.1) is 0 Å². The van der Waals surface area contributed by atoms with Crippen LogP contribution in [0.1, 0.15) is 10.4 Å². The van der Waals surface area contributed by atoms with Crippen LogP contribution in [0.2, 0.25) is 10.0 Å². The van der Waals surface area contributed by atoms with Crippen LogP contribution >= 0.6 is 23.2 Å². The molecule has 7 nitrogen and oxygen atoms in total. The lowest BCUT2D eigenvalue weighted by Gasteiger charge is -2.35. The maximum Gasteiger partial charge on any atom is 0.270 e.